The van der Waals surface area contributed by atoms with Crippen LogP contribution >= 0.6 is 0 Å². The second-order valence-electron chi connectivity index (χ2n) is 2.65. The van der Waals surface area contributed by atoms with Crippen molar-refractivity contribution in [3.8, 4) is 0 Å². The molecule has 0 bridgehead atoms. The SMILES string of the molecule is COC(=O)C(F)OCC(F)(F)C(F)C(F)F. The lowest BCUT2D eigenvalue weighted by atomic mass is 10.2. The summed E-state index contributed by atoms with van der Waals surface area (Å²) in [6.45, 7) is -1.99. The molecule has 0 saturated carbocycles. The molecule has 0 aromatic rings. The highest BCUT2D eigenvalue weighted by atomic mass is 19.3. The minimum absolute atomic E-state index is 0.757. The van der Waals surface area contributed by atoms with E-state index in [0.717, 1.165) is 7.11 Å². The van der Waals surface area contributed by atoms with Crippen molar-refractivity contribution in [1.29, 1.82) is 0 Å². The van der Waals surface area contributed by atoms with Crippen LogP contribution < -0.4 is 0 Å². The molecule has 2 atom stereocenters. The summed E-state index contributed by atoms with van der Waals surface area (Å²) in [6.07, 6.45) is -10.6. The van der Waals surface area contributed by atoms with Gasteiger partial charge in [0.15, 0.2) is 0 Å². The third kappa shape index (κ3) is 4.25. The zero-order valence-electron chi connectivity index (χ0n) is 7.93. The van der Waals surface area contributed by atoms with Gasteiger partial charge in [0, 0.05) is 0 Å². The van der Waals surface area contributed by atoms with Gasteiger partial charge in [0.1, 0.15) is 6.61 Å². The Hall–Kier alpha value is -0.990. The van der Waals surface area contributed by atoms with Crippen molar-refractivity contribution in [2.24, 2.45) is 0 Å². The van der Waals surface area contributed by atoms with Crippen LogP contribution in [0, 0.1) is 0 Å². The van der Waals surface area contributed by atoms with E-state index < -0.39 is 37.5 Å². The number of esters is 1. The fraction of sp³-hybridized carbons (Fsp3) is 0.857. The average Bonchev–Trinajstić information content (AvgIpc) is 2.23. The van der Waals surface area contributed by atoms with E-state index in [9.17, 15) is 31.1 Å². The van der Waals surface area contributed by atoms with Crippen molar-refractivity contribution in [3.05, 3.63) is 0 Å². The Labute approximate surface area is 86.3 Å². The predicted molar refractivity (Wildman–Crippen MR) is 38.7 cm³/mol. The summed E-state index contributed by atoms with van der Waals surface area (Å²) in [7, 11) is 0.757. The maximum Gasteiger partial charge on any atom is 0.368 e. The van der Waals surface area contributed by atoms with Crippen molar-refractivity contribution >= 4 is 5.97 Å². The van der Waals surface area contributed by atoms with Gasteiger partial charge in [0.05, 0.1) is 7.11 Å². The highest BCUT2D eigenvalue weighted by Gasteiger charge is 2.47. The number of rotatable bonds is 6. The average molecular weight is 254 g/mol. The Morgan fingerprint density at radius 2 is 1.75 bits per heavy atom. The zero-order chi connectivity index (χ0) is 12.9. The molecule has 0 aliphatic carbocycles. The molecule has 0 aliphatic rings. The first-order chi connectivity index (χ1) is 7.22. The fourth-order valence-electron chi connectivity index (χ4n) is 0.609. The number of halogens is 6. The first kappa shape index (κ1) is 15.0. The Balaban J connectivity index is 4.23. The first-order valence-corrected chi connectivity index (χ1v) is 3.86. The predicted octanol–water partition coefficient (Wildman–Crippen LogP) is 1.71. The molecule has 0 aromatic heterocycles. The number of carbonyl (C=O) groups excluding carboxylic acids is 1. The molecule has 3 nitrogen and oxygen atoms in total. The summed E-state index contributed by atoms with van der Waals surface area (Å²) in [5.74, 6) is -6.21. The zero-order valence-corrected chi connectivity index (χ0v) is 7.93. The molecular weight excluding hydrogens is 246 g/mol. The van der Waals surface area contributed by atoms with Gasteiger partial charge in [0.25, 0.3) is 12.8 Å². The third-order valence-electron chi connectivity index (χ3n) is 1.43. The van der Waals surface area contributed by atoms with Crippen LogP contribution in [0.25, 0.3) is 0 Å². The van der Waals surface area contributed by atoms with Crippen molar-refractivity contribution in [3.63, 3.8) is 0 Å². The number of methoxy groups -OCH3 is 1. The van der Waals surface area contributed by atoms with E-state index in [1.165, 1.54) is 0 Å². The van der Waals surface area contributed by atoms with Gasteiger partial charge in [-0.05, 0) is 0 Å². The van der Waals surface area contributed by atoms with Crippen LogP contribution in [0.3, 0.4) is 0 Å². The normalized spacial score (nSPS) is 16.0. The van der Waals surface area contributed by atoms with Gasteiger partial charge in [0.2, 0.25) is 6.17 Å². The molecule has 0 saturated heterocycles. The molecule has 0 N–H and O–H groups in total. The van der Waals surface area contributed by atoms with Crippen LogP contribution in [0.4, 0.5) is 26.3 Å². The molecule has 0 spiro atoms. The molecule has 0 fully saturated rings. The summed E-state index contributed by atoms with van der Waals surface area (Å²) in [5.41, 5.74) is 0. The highest BCUT2D eigenvalue weighted by molar-refractivity contribution is 5.72. The van der Waals surface area contributed by atoms with E-state index in [1.807, 2.05) is 0 Å². The second kappa shape index (κ2) is 5.92. The number of hydrogen-bond acceptors (Lipinski definition) is 3. The number of ether oxygens (including phenoxy) is 2. The second-order valence-corrected chi connectivity index (χ2v) is 2.65. The molecule has 0 rings (SSSR count). The topological polar surface area (TPSA) is 35.5 Å². The van der Waals surface area contributed by atoms with Crippen LogP contribution in [0.1, 0.15) is 0 Å². The van der Waals surface area contributed by atoms with E-state index in [4.69, 9.17) is 0 Å². The largest absolute Gasteiger partial charge is 0.465 e. The molecule has 0 aromatic carbocycles. The Bertz CT molecular complexity index is 234. The Kier molecular flexibility index (Phi) is 5.56. The van der Waals surface area contributed by atoms with Gasteiger partial charge in [-0.15, -0.1) is 0 Å². The Morgan fingerprint density at radius 1 is 1.25 bits per heavy atom. The van der Waals surface area contributed by atoms with Gasteiger partial charge in [-0.3, -0.25) is 0 Å². The van der Waals surface area contributed by atoms with E-state index in [-0.39, 0.29) is 0 Å². The van der Waals surface area contributed by atoms with Gasteiger partial charge < -0.3 is 9.47 Å². The lowest BCUT2D eigenvalue weighted by Crippen LogP contribution is -2.41. The first-order valence-electron chi connectivity index (χ1n) is 3.86. The van der Waals surface area contributed by atoms with Gasteiger partial charge >= 0.3 is 11.9 Å². The van der Waals surface area contributed by atoms with E-state index in [0.29, 0.717) is 0 Å². The maximum absolute atomic E-state index is 12.5. The summed E-state index contributed by atoms with van der Waals surface area (Å²) >= 11 is 0. The smallest absolute Gasteiger partial charge is 0.368 e. The van der Waals surface area contributed by atoms with Crippen molar-refractivity contribution < 1.29 is 40.6 Å². The number of hydrogen-bond donors (Lipinski definition) is 0. The lowest BCUT2D eigenvalue weighted by molar-refractivity contribution is -0.199. The molecular formula is C7H8F6O3. The van der Waals surface area contributed by atoms with Gasteiger partial charge in [-0.1, -0.05) is 0 Å². The van der Waals surface area contributed by atoms with Crippen molar-refractivity contribution in [1.82, 2.24) is 0 Å². The monoisotopic (exact) mass is 254 g/mol. The van der Waals surface area contributed by atoms with Crippen LogP contribution in [0.2, 0.25) is 0 Å². The molecule has 2 unspecified atom stereocenters. The number of carbonyl (C=O) groups is 1. The molecule has 9 heteroatoms. The summed E-state index contributed by atoms with van der Waals surface area (Å²) < 4.78 is 80.1. The highest BCUT2D eigenvalue weighted by Crippen LogP contribution is 2.27. The Morgan fingerprint density at radius 3 is 2.12 bits per heavy atom. The van der Waals surface area contributed by atoms with E-state index in [1.54, 1.807) is 0 Å². The minimum Gasteiger partial charge on any atom is -0.465 e. The van der Waals surface area contributed by atoms with E-state index >= 15 is 0 Å². The third-order valence-corrected chi connectivity index (χ3v) is 1.43. The molecule has 96 valence electrons. The maximum atomic E-state index is 12.5. The molecule has 0 amide bonds. The standard InChI is InChI=1S/C7H8F6O3/c1-15-6(14)5(11)16-2-7(12,13)3(8)4(9)10/h3-5H,2H2,1H3. The summed E-state index contributed by atoms with van der Waals surface area (Å²) in [5, 5.41) is 0. The van der Waals surface area contributed by atoms with Crippen molar-refractivity contribution in [2.45, 2.75) is 24.9 Å². The summed E-state index contributed by atoms with van der Waals surface area (Å²) in [6, 6.07) is 0. The van der Waals surface area contributed by atoms with Crippen LogP contribution in [0.5, 0.6) is 0 Å². The molecule has 16 heavy (non-hydrogen) atoms. The number of alkyl halides is 6. The van der Waals surface area contributed by atoms with Crippen LogP contribution in [-0.2, 0) is 14.3 Å². The molecule has 0 radical (unpaired) electrons. The quantitative estimate of drug-likeness (QED) is 0.534. The lowest BCUT2D eigenvalue weighted by Gasteiger charge is -2.20. The molecule has 0 heterocycles. The fourth-order valence-corrected chi connectivity index (χ4v) is 0.609. The van der Waals surface area contributed by atoms with E-state index in [2.05, 4.69) is 9.47 Å². The van der Waals surface area contributed by atoms with Crippen LogP contribution in [-0.4, -0.2) is 44.6 Å². The minimum atomic E-state index is -4.59. The molecule has 0 aliphatic heterocycles. The van der Waals surface area contributed by atoms with Gasteiger partial charge in [-0.25, -0.2) is 31.1 Å². The van der Waals surface area contributed by atoms with Gasteiger partial charge in [-0.2, -0.15) is 0 Å². The summed E-state index contributed by atoms with van der Waals surface area (Å²) in [4.78, 5) is 10.3. The van der Waals surface area contributed by atoms with Crippen LogP contribution in [0.15, 0.2) is 0 Å². The van der Waals surface area contributed by atoms with Crippen molar-refractivity contribution in [2.75, 3.05) is 13.7 Å².